The molecule has 14 heavy (non-hydrogen) atoms. The lowest BCUT2D eigenvalue weighted by Crippen LogP contribution is -2.45. The number of sulfonamides is 1. The monoisotopic (exact) mass is 215 g/mol. The number of amides is 2. The first-order valence-electron chi connectivity index (χ1n) is 3.61. The zero-order valence-corrected chi connectivity index (χ0v) is 7.94. The summed E-state index contributed by atoms with van der Waals surface area (Å²) in [4.78, 5) is 10.5. The van der Waals surface area contributed by atoms with E-state index in [2.05, 4.69) is 0 Å². The highest BCUT2D eigenvalue weighted by Gasteiger charge is 2.23. The minimum Gasteiger partial charge on any atom is -0.349 e. The molecule has 0 aliphatic rings. The second kappa shape index (κ2) is 3.64. The number of carbonyl (C=O) groups excluding carboxylic acids is 1. The molecule has 0 saturated carbocycles. The van der Waals surface area contributed by atoms with E-state index < -0.39 is 16.1 Å². The van der Waals surface area contributed by atoms with Crippen LogP contribution >= 0.6 is 0 Å². The first-order chi connectivity index (χ1) is 6.46. The van der Waals surface area contributed by atoms with Crippen molar-refractivity contribution in [2.75, 3.05) is 0 Å². The summed E-state index contributed by atoms with van der Waals surface area (Å²) in [6.45, 7) is 0. The van der Waals surface area contributed by atoms with Gasteiger partial charge < -0.3 is 5.73 Å². The summed E-state index contributed by atoms with van der Waals surface area (Å²) in [5.74, 6) is 5.00. The molecule has 4 N–H and O–H groups in total. The molecule has 0 spiro atoms. The van der Waals surface area contributed by atoms with Crippen molar-refractivity contribution in [1.82, 2.24) is 4.41 Å². The van der Waals surface area contributed by atoms with E-state index in [4.69, 9.17) is 11.6 Å². The van der Waals surface area contributed by atoms with E-state index in [0.29, 0.717) is 0 Å². The minimum atomic E-state index is -4.00. The van der Waals surface area contributed by atoms with Crippen LogP contribution < -0.4 is 11.6 Å². The zero-order valence-electron chi connectivity index (χ0n) is 7.12. The largest absolute Gasteiger partial charge is 0.349 e. The number of carbonyl (C=O) groups is 1. The molecule has 1 aromatic rings. The molecule has 0 saturated heterocycles. The highest BCUT2D eigenvalue weighted by molar-refractivity contribution is 7.89. The van der Waals surface area contributed by atoms with E-state index in [1.807, 2.05) is 0 Å². The van der Waals surface area contributed by atoms with Crippen molar-refractivity contribution in [3.63, 3.8) is 0 Å². The van der Waals surface area contributed by atoms with E-state index in [9.17, 15) is 13.2 Å². The third-order valence-electron chi connectivity index (χ3n) is 1.52. The number of nitrogens with two attached hydrogens (primary N) is 2. The maximum Gasteiger partial charge on any atom is 0.343 e. The summed E-state index contributed by atoms with van der Waals surface area (Å²) < 4.78 is 22.9. The van der Waals surface area contributed by atoms with Crippen molar-refractivity contribution >= 4 is 16.1 Å². The Morgan fingerprint density at radius 1 is 1.21 bits per heavy atom. The first-order valence-corrected chi connectivity index (χ1v) is 5.05. The Bertz CT molecular complexity index is 429. The van der Waals surface area contributed by atoms with E-state index >= 15 is 0 Å². The number of urea groups is 1. The number of hydrogen-bond acceptors (Lipinski definition) is 4. The molecule has 0 heterocycles. The molecule has 1 aromatic carbocycles. The average Bonchev–Trinajstić information content (AvgIpc) is 2.18. The van der Waals surface area contributed by atoms with E-state index in [1.165, 1.54) is 24.3 Å². The first kappa shape index (κ1) is 10.5. The van der Waals surface area contributed by atoms with Crippen LogP contribution in [0.1, 0.15) is 0 Å². The Morgan fingerprint density at radius 3 is 2.14 bits per heavy atom. The van der Waals surface area contributed by atoms with Crippen LogP contribution in [0.2, 0.25) is 0 Å². The van der Waals surface area contributed by atoms with Crippen molar-refractivity contribution in [1.29, 1.82) is 0 Å². The number of primary amides is 1. The van der Waals surface area contributed by atoms with Crippen LogP contribution in [-0.4, -0.2) is 18.9 Å². The van der Waals surface area contributed by atoms with Crippen LogP contribution in [0.4, 0.5) is 4.79 Å². The van der Waals surface area contributed by atoms with Gasteiger partial charge in [0.25, 0.3) is 10.0 Å². The fourth-order valence-electron chi connectivity index (χ4n) is 0.824. The molecule has 0 radical (unpaired) electrons. The van der Waals surface area contributed by atoms with Crippen molar-refractivity contribution in [2.45, 2.75) is 4.90 Å². The number of nitrogens with zero attached hydrogens (tertiary/aromatic N) is 1. The Balaban J connectivity index is 3.16. The Hall–Kier alpha value is -1.60. The third kappa shape index (κ3) is 1.83. The minimum absolute atomic E-state index is 0.00231. The Labute approximate surface area is 81.1 Å². The number of rotatable bonds is 2. The lowest BCUT2D eigenvalue weighted by atomic mass is 10.4. The van der Waals surface area contributed by atoms with Gasteiger partial charge in [0.2, 0.25) is 0 Å². The molecule has 0 bridgehead atoms. The standard InChI is InChI=1S/C7H9N3O3S/c8-7(11)10(9)14(12,13)6-4-2-1-3-5-6/h1-5H,9H2,(H2,8,11). The molecular weight excluding hydrogens is 206 g/mol. The predicted molar refractivity (Wildman–Crippen MR) is 49.2 cm³/mol. The highest BCUT2D eigenvalue weighted by Crippen LogP contribution is 2.11. The summed E-state index contributed by atoms with van der Waals surface area (Å²) in [5.41, 5.74) is 4.74. The molecule has 0 aliphatic carbocycles. The second-order valence-electron chi connectivity index (χ2n) is 2.45. The maximum atomic E-state index is 11.5. The van der Waals surface area contributed by atoms with Gasteiger partial charge in [-0.05, 0) is 12.1 Å². The molecule has 0 unspecified atom stereocenters. The summed E-state index contributed by atoms with van der Waals surface area (Å²) in [6.07, 6.45) is 0. The van der Waals surface area contributed by atoms with Crippen molar-refractivity contribution in [3.8, 4) is 0 Å². The fourth-order valence-corrected chi connectivity index (χ4v) is 1.79. The fraction of sp³-hybridized carbons (Fsp3) is 0. The zero-order chi connectivity index (χ0) is 10.8. The third-order valence-corrected chi connectivity index (χ3v) is 3.08. The van der Waals surface area contributed by atoms with Gasteiger partial charge in [0.15, 0.2) is 0 Å². The van der Waals surface area contributed by atoms with E-state index in [-0.39, 0.29) is 9.31 Å². The lowest BCUT2D eigenvalue weighted by Gasteiger charge is -2.13. The average molecular weight is 215 g/mol. The maximum absolute atomic E-state index is 11.5. The van der Waals surface area contributed by atoms with Gasteiger partial charge in [-0.3, -0.25) is 0 Å². The molecular formula is C7H9N3O3S. The van der Waals surface area contributed by atoms with Crippen LogP contribution in [0, 0.1) is 0 Å². The summed E-state index contributed by atoms with van der Waals surface area (Å²) in [5, 5.41) is 0. The van der Waals surface area contributed by atoms with Crippen LogP contribution in [0.15, 0.2) is 35.2 Å². The predicted octanol–water partition coefficient (Wildman–Crippen LogP) is -0.370. The highest BCUT2D eigenvalue weighted by atomic mass is 32.2. The van der Waals surface area contributed by atoms with Gasteiger partial charge in [0.1, 0.15) is 0 Å². The van der Waals surface area contributed by atoms with Gasteiger partial charge in [-0.25, -0.2) is 10.6 Å². The molecule has 0 aliphatic heterocycles. The Morgan fingerprint density at radius 2 is 1.71 bits per heavy atom. The van der Waals surface area contributed by atoms with Crippen molar-refractivity contribution in [2.24, 2.45) is 11.6 Å². The topological polar surface area (TPSA) is 106 Å². The quantitative estimate of drug-likeness (QED) is 0.398. The molecule has 6 nitrogen and oxygen atoms in total. The lowest BCUT2D eigenvalue weighted by molar-refractivity contribution is 0.232. The Kier molecular flexibility index (Phi) is 2.73. The second-order valence-corrected chi connectivity index (χ2v) is 4.27. The van der Waals surface area contributed by atoms with Crippen molar-refractivity contribution in [3.05, 3.63) is 30.3 Å². The van der Waals surface area contributed by atoms with E-state index in [1.54, 1.807) is 6.07 Å². The van der Waals surface area contributed by atoms with Crippen LogP contribution in [0.3, 0.4) is 0 Å². The number of hydrogen-bond donors (Lipinski definition) is 2. The number of hydrazine groups is 1. The van der Waals surface area contributed by atoms with Gasteiger partial charge in [-0.15, -0.1) is 4.41 Å². The molecule has 7 heteroatoms. The molecule has 0 atom stereocenters. The molecule has 0 aromatic heterocycles. The van der Waals surface area contributed by atoms with Crippen LogP contribution in [-0.2, 0) is 10.0 Å². The van der Waals surface area contributed by atoms with Gasteiger partial charge in [0.05, 0.1) is 4.90 Å². The molecule has 76 valence electrons. The van der Waals surface area contributed by atoms with Gasteiger partial charge >= 0.3 is 6.03 Å². The molecule has 0 fully saturated rings. The smallest absolute Gasteiger partial charge is 0.343 e. The van der Waals surface area contributed by atoms with E-state index in [0.717, 1.165) is 0 Å². The molecule has 1 rings (SSSR count). The van der Waals surface area contributed by atoms with Gasteiger partial charge in [-0.2, -0.15) is 8.42 Å². The normalized spacial score (nSPS) is 10.9. The number of benzene rings is 1. The van der Waals surface area contributed by atoms with Crippen molar-refractivity contribution < 1.29 is 13.2 Å². The summed E-state index contributed by atoms with van der Waals surface area (Å²) in [7, 11) is -4.00. The SMILES string of the molecule is NC(=O)N(N)S(=O)(=O)c1ccccc1. The summed E-state index contributed by atoms with van der Waals surface area (Å²) >= 11 is 0. The summed E-state index contributed by atoms with van der Waals surface area (Å²) in [6, 6.07) is 6.08. The van der Waals surface area contributed by atoms with Gasteiger partial charge in [-0.1, -0.05) is 18.2 Å². The molecule has 2 amide bonds. The van der Waals surface area contributed by atoms with Crippen LogP contribution in [0.5, 0.6) is 0 Å². The van der Waals surface area contributed by atoms with Crippen LogP contribution in [0.25, 0.3) is 0 Å². The van der Waals surface area contributed by atoms with Gasteiger partial charge in [0, 0.05) is 0 Å².